The van der Waals surface area contributed by atoms with Crippen LogP contribution in [0, 0.1) is 5.92 Å². The zero-order valence-electron chi connectivity index (χ0n) is 9.37. The molecule has 0 bridgehead atoms. The van der Waals surface area contributed by atoms with Crippen molar-refractivity contribution in [1.29, 1.82) is 0 Å². The summed E-state index contributed by atoms with van der Waals surface area (Å²) in [4.78, 5) is 12.2. The first-order valence-corrected chi connectivity index (χ1v) is 6.08. The normalized spacial score (nSPS) is 23.4. The van der Waals surface area contributed by atoms with Gasteiger partial charge in [0.25, 0.3) is 0 Å². The highest BCUT2D eigenvalue weighted by molar-refractivity contribution is 5.98. The van der Waals surface area contributed by atoms with Crippen LogP contribution in [0.25, 0.3) is 0 Å². The van der Waals surface area contributed by atoms with Gasteiger partial charge in [0.2, 0.25) is 0 Å². The lowest BCUT2D eigenvalue weighted by molar-refractivity contribution is 0.0900. The molecule has 3 rings (SSSR count). The minimum Gasteiger partial charge on any atom is -0.381 e. The number of carbonyl (C=O) groups excluding carboxylic acids is 1. The average molecular weight is 216 g/mol. The van der Waals surface area contributed by atoms with E-state index in [0.29, 0.717) is 6.61 Å². The number of hydrogen-bond donors (Lipinski definition) is 0. The molecule has 0 spiro atoms. The summed E-state index contributed by atoms with van der Waals surface area (Å²) < 4.78 is 5.27. The summed E-state index contributed by atoms with van der Waals surface area (Å²) >= 11 is 0. The molecule has 0 amide bonds. The monoisotopic (exact) mass is 216 g/mol. The quantitative estimate of drug-likeness (QED) is 0.709. The third-order valence-corrected chi connectivity index (χ3v) is 3.68. The van der Waals surface area contributed by atoms with Crippen LogP contribution in [-0.4, -0.2) is 19.0 Å². The van der Waals surface area contributed by atoms with Crippen molar-refractivity contribution in [2.45, 2.75) is 25.7 Å². The Balaban J connectivity index is 1.86. The minimum atomic E-state index is 0.0967. The number of carbonyl (C=O) groups is 1. The summed E-state index contributed by atoms with van der Waals surface area (Å²) in [6, 6.07) is 6.22. The minimum absolute atomic E-state index is 0.0967. The van der Waals surface area contributed by atoms with Gasteiger partial charge >= 0.3 is 0 Å². The Morgan fingerprint density at radius 1 is 1.25 bits per heavy atom. The van der Waals surface area contributed by atoms with Gasteiger partial charge in [-0.2, -0.15) is 0 Å². The average Bonchev–Trinajstić information content (AvgIpc) is 2.98. The summed E-state index contributed by atoms with van der Waals surface area (Å²) in [5.74, 6) is 0.367. The zero-order chi connectivity index (χ0) is 11.0. The number of ketones is 1. The second kappa shape index (κ2) is 4.02. The number of hydrogen-bond acceptors (Lipinski definition) is 2. The second-order valence-electron chi connectivity index (χ2n) is 4.76. The molecule has 84 valence electrons. The SMILES string of the molecule is O=C(c1ccc2c(c1)CCC2)C1CCOC1. The van der Waals surface area contributed by atoms with E-state index in [1.54, 1.807) is 0 Å². The van der Waals surface area contributed by atoms with E-state index in [0.717, 1.165) is 25.0 Å². The molecule has 2 heteroatoms. The molecule has 1 aromatic rings. The Morgan fingerprint density at radius 3 is 2.94 bits per heavy atom. The molecule has 16 heavy (non-hydrogen) atoms. The van der Waals surface area contributed by atoms with E-state index in [1.807, 2.05) is 6.07 Å². The van der Waals surface area contributed by atoms with Crippen molar-refractivity contribution in [3.63, 3.8) is 0 Å². The summed E-state index contributed by atoms with van der Waals surface area (Å²) in [6.07, 6.45) is 4.43. The highest BCUT2D eigenvalue weighted by atomic mass is 16.5. The lowest BCUT2D eigenvalue weighted by Crippen LogP contribution is -2.14. The predicted molar refractivity (Wildman–Crippen MR) is 61.7 cm³/mol. The molecule has 0 N–H and O–H groups in total. The van der Waals surface area contributed by atoms with Gasteiger partial charge in [-0.3, -0.25) is 4.79 Å². The Labute approximate surface area is 95.6 Å². The largest absolute Gasteiger partial charge is 0.381 e. The van der Waals surface area contributed by atoms with Crippen molar-refractivity contribution in [3.05, 3.63) is 34.9 Å². The number of ether oxygens (including phenoxy) is 1. The van der Waals surface area contributed by atoms with Crippen molar-refractivity contribution in [2.75, 3.05) is 13.2 Å². The van der Waals surface area contributed by atoms with Crippen molar-refractivity contribution in [1.82, 2.24) is 0 Å². The van der Waals surface area contributed by atoms with E-state index in [4.69, 9.17) is 4.74 Å². The molecule has 1 heterocycles. The van der Waals surface area contributed by atoms with Crippen LogP contribution in [0.15, 0.2) is 18.2 Å². The lowest BCUT2D eigenvalue weighted by Gasteiger charge is -2.08. The van der Waals surface area contributed by atoms with E-state index in [-0.39, 0.29) is 11.7 Å². The van der Waals surface area contributed by atoms with Crippen molar-refractivity contribution < 1.29 is 9.53 Å². The van der Waals surface area contributed by atoms with Gasteiger partial charge in [-0.25, -0.2) is 0 Å². The van der Waals surface area contributed by atoms with Crippen LogP contribution in [0.4, 0.5) is 0 Å². The maximum absolute atomic E-state index is 12.2. The molecule has 1 atom stereocenters. The third kappa shape index (κ3) is 1.67. The van der Waals surface area contributed by atoms with Gasteiger partial charge in [-0.15, -0.1) is 0 Å². The van der Waals surface area contributed by atoms with Gasteiger partial charge in [-0.1, -0.05) is 12.1 Å². The summed E-state index contributed by atoms with van der Waals surface area (Å²) in [5, 5.41) is 0. The van der Waals surface area contributed by atoms with E-state index < -0.39 is 0 Å². The molecule has 1 saturated heterocycles. The summed E-state index contributed by atoms with van der Waals surface area (Å²) in [7, 11) is 0. The summed E-state index contributed by atoms with van der Waals surface area (Å²) in [6.45, 7) is 1.34. The van der Waals surface area contributed by atoms with Gasteiger partial charge in [0, 0.05) is 18.1 Å². The smallest absolute Gasteiger partial charge is 0.168 e. The number of benzene rings is 1. The van der Waals surface area contributed by atoms with E-state index >= 15 is 0 Å². The van der Waals surface area contributed by atoms with Crippen molar-refractivity contribution in [2.24, 2.45) is 5.92 Å². The van der Waals surface area contributed by atoms with Crippen LogP contribution in [0.2, 0.25) is 0 Å². The zero-order valence-corrected chi connectivity index (χ0v) is 9.37. The number of fused-ring (bicyclic) bond motifs is 1. The molecule has 1 aliphatic heterocycles. The third-order valence-electron chi connectivity index (χ3n) is 3.68. The molecule has 1 aromatic carbocycles. The van der Waals surface area contributed by atoms with E-state index in [1.165, 1.54) is 24.0 Å². The van der Waals surface area contributed by atoms with Gasteiger partial charge in [0.05, 0.1) is 6.61 Å². The number of aryl methyl sites for hydroxylation is 2. The van der Waals surface area contributed by atoms with Crippen LogP contribution >= 0.6 is 0 Å². The fourth-order valence-corrected chi connectivity index (χ4v) is 2.70. The molecule has 2 aliphatic rings. The fraction of sp³-hybridized carbons (Fsp3) is 0.500. The van der Waals surface area contributed by atoms with Gasteiger partial charge in [0.15, 0.2) is 5.78 Å². The maximum Gasteiger partial charge on any atom is 0.168 e. The van der Waals surface area contributed by atoms with Gasteiger partial charge in [-0.05, 0) is 42.9 Å². The highest BCUT2D eigenvalue weighted by Crippen LogP contribution is 2.25. The number of rotatable bonds is 2. The molecule has 1 unspecified atom stereocenters. The summed E-state index contributed by atoms with van der Waals surface area (Å²) in [5.41, 5.74) is 3.69. The van der Waals surface area contributed by atoms with Crippen LogP contribution in [0.3, 0.4) is 0 Å². The van der Waals surface area contributed by atoms with Crippen LogP contribution in [-0.2, 0) is 17.6 Å². The second-order valence-corrected chi connectivity index (χ2v) is 4.76. The van der Waals surface area contributed by atoms with Crippen LogP contribution in [0.1, 0.15) is 34.3 Å². The van der Waals surface area contributed by atoms with Crippen molar-refractivity contribution in [3.8, 4) is 0 Å². The molecule has 1 fully saturated rings. The van der Waals surface area contributed by atoms with Crippen molar-refractivity contribution >= 4 is 5.78 Å². The predicted octanol–water partition coefficient (Wildman–Crippen LogP) is 2.39. The van der Waals surface area contributed by atoms with Gasteiger partial charge < -0.3 is 4.74 Å². The Bertz CT molecular complexity index is 417. The van der Waals surface area contributed by atoms with E-state index in [9.17, 15) is 4.79 Å². The number of Topliss-reactive ketones (excluding diaryl/α,β-unsaturated/α-hetero) is 1. The Hall–Kier alpha value is -1.15. The fourth-order valence-electron chi connectivity index (χ4n) is 2.70. The molecular weight excluding hydrogens is 200 g/mol. The van der Waals surface area contributed by atoms with Gasteiger partial charge in [0.1, 0.15) is 0 Å². The van der Waals surface area contributed by atoms with E-state index in [2.05, 4.69) is 12.1 Å². The van der Waals surface area contributed by atoms with Crippen LogP contribution < -0.4 is 0 Å². The molecule has 0 aromatic heterocycles. The highest BCUT2D eigenvalue weighted by Gasteiger charge is 2.25. The lowest BCUT2D eigenvalue weighted by atomic mass is 9.95. The Kier molecular flexibility index (Phi) is 2.52. The first-order valence-electron chi connectivity index (χ1n) is 6.08. The molecule has 1 aliphatic carbocycles. The first-order chi connectivity index (χ1) is 7.84. The Morgan fingerprint density at radius 2 is 2.12 bits per heavy atom. The molecule has 0 saturated carbocycles. The standard InChI is InChI=1S/C14H16O2/c15-14(13-6-7-16-9-13)12-5-4-10-2-1-3-11(10)8-12/h4-5,8,13H,1-3,6-7,9H2. The maximum atomic E-state index is 12.2. The molecule has 2 nitrogen and oxygen atoms in total. The molecule has 0 radical (unpaired) electrons. The van der Waals surface area contributed by atoms with Crippen LogP contribution in [0.5, 0.6) is 0 Å². The first kappa shape index (κ1) is 10.0. The topological polar surface area (TPSA) is 26.3 Å². The molecular formula is C14H16O2.